The molecule has 1 saturated heterocycles. The number of hydrogen-bond donors (Lipinski definition) is 2. The van der Waals surface area contributed by atoms with Gasteiger partial charge in [-0.3, -0.25) is 14.5 Å². The van der Waals surface area contributed by atoms with Gasteiger partial charge >= 0.3 is 5.97 Å². The van der Waals surface area contributed by atoms with Crippen molar-refractivity contribution in [3.63, 3.8) is 0 Å². The second-order valence-electron chi connectivity index (χ2n) is 4.98. The zero-order valence-electron chi connectivity index (χ0n) is 11.9. The molecule has 2 N–H and O–H groups in total. The minimum atomic E-state index is -0.796. The van der Waals surface area contributed by atoms with Crippen LogP contribution in [0.25, 0.3) is 0 Å². The minimum absolute atomic E-state index is 0.00310. The van der Waals surface area contributed by atoms with Crippen LogP contribution in [0.4, 0.5) is 5.82 Å². The number of rotatable bonds is 6. The van der Waals surface area contributed by atoms with Gasteiger partial charge in [0.1, 0.15) is 5.76 Å². The van der Waals surface area contributed by atoms with Crippen LogP contribution in [0.5, 0.6) is 0 Å². The molecule has 8 heteroatoms. The van der Waals surface area contributed by atoms with Crippen molar-refractivity contribution in [1.82, 2.24) is 10.1 Å². The first kappa shape index (κ1) is 15.8. The number of thioether (sulfide) groups is 1. The predicted octanol–water partition coefficient (Wildman–Crippen LogP) is 1.20. The van der Waals surface area contributed by atoms with Gasteiger partial charge in [0.2, 0.25) is 5.91 Å². The molecule has 0 aromatic carbocycles. The summed E-state index contributed by atoms with van der Waals surface area (Å²) in [5.74, 6) is 1.88. The van der Waals surface area contributed by atoms with E-state index in [0.29, 0.717) is 24.5 Å². The fraction of sp³-hybridized carbons (Fsp3) is 0.615. The number of carbonyl (C=O) groups is 2. The van der Waals surface area contributed by atoms with Crippen molar-refractivity contribution in [2.24, 2.45) is 0 Å². The SMILES string of the molecule is Cc1cc(NC(=O)CCN2CCSCC2CC(=O)O)no1. The molecule has 1 aliphatic rings. The topological polar surface area (TPSA) is 95.7 Å². The molecule has 0 radical (unpaired) electrons. The first-order valence-electron chi connectivity index (χ1n) is 6.81. The van der Waals surface area contributed by atoms with Gasteiger partial charge in [-0.15, -0.1) is 0 Å². The van der Waals surface area contributed by atoms with Gasteiger partial charge in [0, 0.05) is 43.1 Å². The van der Waals surface area contributed by atoms with Gasteiger partial charge in [0.15, 0.2) is 5.82 Å². The van der Waals surface area contributed by atoms with Crippen LogP contribution in [0, 0.1) is 6.92 Å². The Bertz CT molecular complexity index is 505. The van der Waals surface area contributed by atoms with E-state index in [0.717, 1.165) is 18.1 Å². The van der Waals surface area contributed by atoms with Crippen molar-refractivity contribution >= 4 is 29.5 Å². The number of anilines is 1. The van der Waals surface area contributed by atoms with Crippen LogP contribution in [0.15, 0.2) is 10.6 Å². The molecule has 7 nitrogen and oxygen atoms in total. The molecule has 1 aromatic heterocycles. The number of amides is 1. The molecule has 1 aliphatic heterocycles. The van der Waals surface area contributed by atoms with Crippen LogP contribution in [-0.4, -0.2) is 57.7 Å². The molecule has 0 saturated carbocycles. The fourth-order valence-electron chi connectivity index (χ4n) is 2.25. The van der Waals surface area contributed by atoms with Crippen LogP contribution in [0.1, 0.15) is 18.6 Å². The summed E-state index contributed by atoms with van der Waals surface area (Å²) in [5, 5.41) is 15.3. The van der Waals surface area contributed by atoms with E-state index in [9.17, 15) is 9.59 Å². The molecular formula is C13H19N3O4S. The lowest BCUT2D eigenvalue weighted by atomic mass is 10.2. The maximum absolute atomic E-state index is 11.9. The Balaban J connectivity index is 1.79. The molecule has 1 fully saturated rings. The zero-order chi connectivity index (χ0) is 15.2. The van der Waals surface area contributed by atoms with Crippen LogP contribution >= 0.6 is 11.8 Å². The number of aryl methyl sites for hydroxylation is 1. The van der Waals surface area contributed by atoms with E-state index in [4.69, 9.17) is 9.63 Å². The van der Waals surface area contributed by atoms with Crippen molar-refractivity contribution in [2.75, 3.05) is 29.9 Å². The van der Waals surface area contributed by atoms with Gasteiger partial charge in [-0.1, -0.05) is 5.16 Å². The monoisotopic (exact) mass is 313 g/mol. The van der Waals surface area contributed by atoms with Crippen LogP contribution in [0.2, 0.25) is 0 Å². The third-order valence-corrected chi connectivity index (χ3v) is 4.37. The number of carboxylic acids is 1. The molecule has 0 aliphatic carbocycles. The summed E-state index contributed by atoms with van der Waals surface area (Å²) in [4.78, 5) is 24.8. The molecule has 1 amide bonds. The highest BCUT2D eigenvalue weighted by Gasteiger charge is 2.25. The second kappa shape index (κ2) is 7.46. The van der Waals surface area contributed by atoms with E-state index in [-0.39, 0.29) is 18.4 Å². The second-order valence-corrected chi connectivity index (χ2v) is 6.13. The Morgan fingerprint density at radius 2 is 2.43 bits per heavy atom. The number of hydrogen-bond acceptors (Lipinski definition) is 6. The summed E-state index contributed by atoms with van der Waals surface area (Å²) in [6.07, 6.45) is 0.434. The van der Waals surface area contributed by atoms with E-state index in [1.54, 1.807) is 24.8 Å². The number of carbonyl (C=O) groups excluding carboxylic acids is 1. The Morgan fingerprint density at radius 3 is 3.10 bits per heavy atom. The van der Waals surface area contributed by atoms with Gasteiger partial charge in [0.05, 0.1) is 6.42 Å². The highest BCUT2D eigenvalue weighted by molar-refractivity contribution is 7.99. The lowest BCUT2D eigenvalue weighted by Gasteiger charge is -2.34. The smallest absolute Gasteiger partial charge is 0.304 e. The van der Waals surface area contributed by atoms with Crippen molar-refractivity contribution in [2.45, 2.75) is 25.8 Å². The molecule has 1 unspecified atom stereocenters. The molecule has 0 spiro atoms. The lowest BCUT2D eigenvalue weighted by Crippen LogP contribution is -2.44. The summed E-state index contributed by atoms with van der Waals surface area (Å²) < 4.78 is 4.88. The fourth-order valence-corrected chi connectivity index (χ4v) is 3.38. The van der Waals surface area contributed by atoms with E-state index >= 15 is 0 Å². The molecule has 1 aromatic rings. The average molecular weight is 313 g/mol. The standard InChI is InChI=1S/C13H19N3O4S/c1-9-6-11(15-20-9)14-12(17)2-3-16-4-5-21-8-10(16)7-13(18)19/h6,10H,2-5,7-8H2,1H3,(H,18,19)(H,14,15,17). The van der Waals surface area contributed by atoms with Crippen molar-refractivity contribution in [1.29, 1.82) is 0 Å². The van der Waals surface area contributed by atoms with Crippen molar-refractivity contribution in [3.05, 3.63) is 11.8 Å². The number of nitrogens with zero attached hydrogens (tertiary/aromatic N) is 2. The van der Waals surface area contributed by atoms with Crippen LogP contribution in [0.3, 0.4) is 0 Å². The lowest BCUT2D eigenvalue weighted by molar-refractivity contribution is -0.138. The first-order chi connectivity index (χ1) is 10.0. The van der Waals surface area contributed by atoms with Gasteiger partial charge in [-0.2, -0.15) is 11.8 Å². The molecule has 2 heterocycles. The number of aliphatic carboxylic acids is 1. The highest BCUT2D eigenvalue weighted by Crippen LogP contribution is 2.19. The zero-order valence-corrected chi connectivity index (χ0v) is 12.7. The van der Waals surface area contributed by atoms with E-state index in [1.807, 2.05) is 0 Å². The normalized spacial score (nSPS) is 19.4. The third kappa shape index (κ3) is 5.05. The van der Waals surface area contributed by atoms with E-state index in [1.165, 1.54) is 0 Å². The average Bonchev–Trinajstić information content (AvgIpc) is 2.82. The van der Waals surface area contributed by atoms with Gasteiger partial charge in [-0.05, 0) is 6.92 Å². The Hall–Kier alpha value is -1.54. The largest absolute Gasteiger partial charge is 0.481 e. The van der Waals surface area contributed by atoms with Crippen molar-refractivity contribution in [3.8, 4) is 0 Å². The maximum Gasteiger partial charge on any atom is 0.304 e. The van der Waals surface area contributed by atoms with Gasteiger partial charge in [-0.25, -0.2) is 0 Å². The summed E-state index contributed by atoms with van der Waals surface area (Å²) in [6, 6.07) is 1.66. The Labute approximate surface area is 127 Å². The predicted molar refractivity (Wildman–Crippen MR) is 79.4 cm³/mol. The van der Waals surface area contributed by atoms with E-state index in [2.05, 4.69) is 15.4 Å². The molecule has 2 rings (SSSR count). The maximum atomic E-state index is 11.9. The van der Waals surface area contributed by atoms with Crippen molar-refractivity contribution < 1.29 is 19.2 Å². The van der Waals surface area contributed by atoms with Gasteiger partial charge in [0.25, 0.3) is 0 Å². The molecular weight excluding hydrogens is 294 g/mol. The van der Waals surface area contributed by atoms with Crippen LogP contribution < -0.4 is 5.32 Å². The summed E-state index contributed by atoms with van der Waals surface area (Å²) in [6.45, 7) is 3.13. The minimum Gasteiger partial charge on any atom is -0.481 e. The molecule has 1 atom stereocenters. The third-order valence-electron chi connectivity index (χ3n) is 3.28. The Kier molecular flexibility index (Phi) is 5.63. The molecule has 116 valence electrons. The molecule has 21 heavy (non-hydrogen) atoms. The summed E-state index contributed by atoms with van der Waals surface area (Å²) in [5.41, 5.74) is 0. The van der Waals surface area contributed by atoms with E-state index < -0.39 is 5.97 Å². The highest BCUT2D eigenvalue weighted by atomic mass is 32.2. The quantitative estimate of drug-likeness (QED) is 0.814. The molecule has 0 bridgehead atoms. The summed E-state index contributed by atoms with van der Waals surface area (Å²) >= 11 is 1.76. The van der Waals surface area contributed by atoms with Gasteiger partial charge < -0.3 is 14.9 Å². The summed E-state index contributed by atoms with van der Waals surface area (Å²) in [7, 11) is 0. The first-order valence-corrected chi connectivity index (χ1v) is 7.97. The van der Waals surface area contributed by atoms with Crippen LogP contribution in [-0.2, 0) is 9.59 Å². The number of nitrogens with one attached hydrogen (secondary N) is 1. The number of carboxylic acid groups (broad SMARTS) is 1. The Morgan fingerprint density at radius 1 is 1.62 bits per heavy atom. The number of aromatic nitrogens is 1.